The lowest BCUT2D eigenvalue weighted by molar-refractivity contribution is -0.117. The number of nitrogens with one attached hydrogen (secondary N) is 1. The molecule has 1 aliphatic rings. The van der Waals surface area contributed by atoms with Crippen LogP contribution in [-0.2, 0) is 4.79 Å². The number of carbonyl (C=O) groups is 2. The zero-order valence-electron chi connectivity index (χ0n) is 12.3. The van der Waals surface area contributed by atoms with E-state index in [-0.39, 0.29) is 17.9 Å². The van der Waals surface area contributed by atoms with Crippen molar-refractivity contribution in [3.8, 4) is 0 Å². The van der Waals surface area contributed by atoms with Crippen LogP contribution in [0.3, 0.4) is 0 Å². The molecule has 0 spiro atoms. The van der Waals surface area contributed by atoms with Crippen molar-refractivity contribution in [2.75, 3.05) is 18.0 Å². The normalized spacial score (nSPS) is 16.1. The molecule has 21 heavy (non-hydrogen) atoms. The second kappa shape index (κ2) is 7.22. The summed E-state index contributed by atoms with van der Waals surface area (Å²) in [7, 11) is 0. The van der Waals surface area contributed by atoms with Gasteiger partial charge in [0, 0.05) is 30.8 Å². The lowest BCUT2D eigenvalue weighted by Gasteiger charge is -2.16. The lowest BCUT2D eigenvalue weighted by atomic mass is 10.1. The van der Waals surface area contributed by atoms with Crippen molar-refractivity contribution >= 4 is 17.5 Å². The van der Waals surface area contributed by atoms with Crippen molar-refractivity contribution in [3.63, 3.8) is 0 Å². The van der Waals surface area contributed by atoms with E-state index in [2.05, 4.69) is 5.32 Å². The first-order valence-electron chi connectivity index (χ1n) is 7.48. The van der Waals surface area contributed by atoms with Gasteiger partial charge in [0.1, 0.15) is 0 Å². The third kappa shape index (κ3) is 4.04. The molecule has 0 aliphatic carbocycles. The van der Waals surface area contributed by atoms with Crippen LogP contribution in [0.2, 0.25) is 0 Å². The molecule has 1 saturated heterocycles. The zero-order chi connectivity index (χ0) is 15.2. The average molecular weight is 290 g/mol. The molecule has 1 fully saturated rings. The summed E-state index contributed by atoms with van der Waals surface area (Å²) < 4.78 is 0. The van der Waals surface area contributed by atoms with Gasteiger partial charge in [-0.05, 0) is 43.5 Å². The van der Waals surface area contributed by atoms with Gasteiger partial charge in [-0.3, -0.25) is 9.59 Å². The van der Waals surface area contributed by atoms with Crippen molar-refractivity contribution in [2.45, 2.75) is 38.7 Å². The number of amides is 2. The lowest BCUT2D eigenvalue weighted by Crippen LogP contribution is -2.27. The van der Waals surface area contributed by atoms with Gasteiger partial charge in [0.05, 0.1) is 6.10 Å². The molecule has 5 heteroatoms. The molecule has 2 N–H and O–H groups in total. The number of carbonyl (C=O) groups excluding carboxylic acids is 2. The van der Waals surface area contributed by atoms with Crippen LogP contribution < -0.4 is 10.2 Å². The average Bonchev–Trinajstić information content (AvgIpc) is 2.93. The minimum Gasteiger partial charge on any atom is -0.393 e. The minimum absolute atomic E-state index is 0.140. The summed E-state index contributed by atoms with van der Waals surface area (Å²) in [6.45, 7) is 3.12. The highest BCUT2D eigenvalue weighted by atomic mass is 16.3. The molecule has 2 rings (SSSR count). The highest BCUT2D eigenvalue weighted by molar-refractivity contribution is 5.97. The molecular weight excluding hydrogens is 268 g/mol. The van der Waals surface area contributed by atoms with Gasteiger partial charge in [0.15, 0.2) is 0 Å². The van der Waals surface area contributed by atoms with E-state index in [1.54, 1.807) is 29.2 Å². The van der Waals surface area contributed by atoms with Gasteiger partial charge in [0.2, 0.25) is 5.91 Å². The molecule has 0 aromatic heterocycles. The van der Waals surface area contributed by atoms with Crippen LogP contribution in [0.1, 0.15) is 43.0 Å². The monoisotopic (exact) mass is 290 g/mol. The molecular formula is C16H22N2O3. The number of anilines is 1. The predicted molar refractivity (Wildman–Crippen MR) is 81.3 cm³/mol. The molecule has 2 amide bonds. The van der Waals surface area contributed by atoms with E-state index >= 15 is 0 Å². The third-order valence-electron chi connectivity index (χ3n) is 3.75. The molecule has 0 radical (unpaired) electrons. The van der Waals surface area contributed by atoms with Gasteiger partial charge in [-0.1, -0.05) is 6.92 Å². The smallest absolute Gasteiger partial charge is 0.251 e. The molecule has 1 aromatic rings. The quantitative estimate of drug-likeness (QED) is 0.838. The summed E-state index contributed by atoms with van der Waals surface area (Å²) in [6, 6.07) is 7.07. The molecule has 1 atom stereocenters. The maximum absolute atomic E-state index is 11.9. The predicted octanol–water partition coefficient (Wildman–Crippen LogP) is 1.70. The van der Waals surface area contributed by atoms with Gasteiger partial charge in [-0.25, -0.2) is 0 Å². The van der Waals surface area contributed by atoms with Gasteiger partial charge >= 0.3 is 0 Å². The summed E-state index contributed by atoms with van der Waals surface area (Å²) >= 11 is 0. The Morgan fingerprint density at radius 2 is 2.10 bits per heavy atom. The fourth-order valence-electron chi connectivity index (χ4n) is 2.37. The van der Waals surface area contributed by atoms with Crippen molar-refractivity contribution < 1.29 is 14.7 Å². The highest BCUT2D eigenvalue weighted by Crippen LogP contribution is 2.21. The number of hydrogen-bond donors (Lipinski definition) is 2. The van der Waals surface area contributed by atoms with Gasteiger partial charge in [0.25, 0.3) is 5.91 Å². The van der Waals surface area contributed by atoms with Crippen LogP contribution in [0.15, 0.2) is 24.3 Å². The van der Waals surface area contributed by atoms with Gasteiger partial charge in [-0.2, -0.15) is 0 Å². The number of hydrogen-bond acceptors (Lipinski definition) is 3. The van der Waals surface area contributed by atoms with Gasteiger partial charge in [-0.15, -0.1) is 0 Å². The molecule has 1 heterocycles. The second-order valence-corrected chi connectivity index (χ2v) is 5.30. The van der Waals surface area contributed by atoms with E-state index in [0.29, 0.717) is 31.4 Å². The van der Waals surface area contributed by atoms with E-state index in [9.17, 15) is 14.7 Å². The molecule has 114 valence electrons. The van der Waals surface area contributed by atoms with Crippen molar-refractivity contribution in [1.29, 1.82) is 0 Å². The molecule has 0 saturated carbocycles. The van der Waals surface area contributed by atoms with Crippen molar-refractivity contribution in [3.05, 3.63) is 29.8 Å². The van der Waals surface area contributed by atoms with Crippen LogP contribution in [0.25, 0.3) is 0 Å². The van der Waals surface area contributed by atoms with Crippen LogP contribution in [0.4, 0.5) is 5.69 Å². The number of rotatable bonds is 6. The fourth-order valence-corrected chi connectivity index (χ4v) is 2.37. The van der Waals surface area contributed by atoms with Crippen molar-refractivity contribution in [2.24, 2.45) is 0 Å². The summed E-state index contributed by atoms with van der Waals surface area (Å²) in [6.07, 6.45) is 2.37. The Balaban J connectivity index is 1.89. The number of benzene rings is 1. The summed E-state index contributed by atoms with van der Waals surface area (Å²) in [5.74, 6) is -0.0154. The summed E-state index contributed by atoms with van der Waals surface area (Å²) in [4.78, 5) is 25.3. The molecule has 1 aromatic carbocycles. The summed E-state index contributed by atoms with van der Waals surface area (Å²) in [5, 5.41) is 12.2. The molecule has 1 unspecified atom stereocenters. The second-order valence-electron chi connectivity index (χ2n) is 5.30. The van der Waals surface area contributed by atoms with Crippen LogP contribution in [0.5, 0.6) is 0 Å². The van der Waals surface area contributed by atoms with E-state index in [1.165, 1.54) is 0 Å². The maximum Gasteiger partial charge on any atom is 0.251 e. The summed E-state index contributed by atoms with van der Waals surface area (Å²) in [5.41, 5.74) is 1.41. The molecule has 1 aliphatic heterocycles. The Morgan fingerprint density at radius 1 is 1.38 bits per heavy atom. The van der Waals surface area contributed by atoms with Crippen LogP contribution >= 0.6 is 0 Å². The molecule has 0 bridgehead atoms. The molecule has 5 nitrogen and oxygen atoms in total. The van der Waals surface area contributed by atoms with E-state index in [0.717, 1.165) is 18.7 Å². The third-order valence-corrected chi connectivity index (χ3v) is 3.75. The largest absolute Gasteiger partial charge is 0.393 e. The van der Waals surface area contributed by atoms with Crippen molar-refractivity contribution in [1.82, 2.24) is 5.32 Å². The van der Waals surface area contributed by atoms with Gasteiger partial charge < -0.3 is 15.3 Å². The number of aliphatic hydroxyl groups excluding tert-OH is 1. The van der Waals surface area contributed by atoms with Crippen LogP contribution in [-0.4, -0.2) is 36.1 Å². The standard InChI is InChI=1S/C16H22N2O3/c1-2-14(19)9-10-17-16(21)12-5-7-13(8-6-12)18-11-3-4-15(18)20/h5-8,14,19H,2-4,9-11H2,1H3,(H,17,21). The SMILES string of the molecule is CCC(O)CCNC(=O)c1ccc(N2CCCC2=O)cc1. The Kier molecular flexibility index (Phi) is 5.33. The number of aliphatic hydroxyl groups is 1. The fraction of sp³-hybridized carbons (Fsp3) is 0.500. The van der Waals surface area contributed by atoms with E-state index < -0.39 is 0 Å². The first-order chi connectivity index (χ1) is 10.1. The maximum atomic E-state index is 11.9. The van der Waals surface area contributed by atoms with E-state index in [4.69, 9.17) is 0 Å². The Morgan fingerprint density at radius 3 is 2.67 bits per heavy atom. The number of nitrogens with zero attached hydrogens (tertiary/aromatic N) is 1. The highest BCUT2D eigenvalue weighted by Gasteiger charge is 2.21. The topological polar surface area (TPSA) is 69.6 Å². The Labute approximate surface area is 125 Å². The Hall–Kier alpha value is -1.88. The minimum atomic E-state index is -0.367. The van der Waals surface area contributed by atoms with E-state index in [1.807, 2.05) is 6.92 Å². The van der Waals surface area contributed by atoms with Crippen LogP contribution in [0, 0.1) is 0 Å². The first-order valence-corrected chi connectivity index (χ1v) is 7.48. The Bertz CT molecular complexity index is 499. The zero-order valence-corrected chi connectivity index (χ0v) is 12.3. The first kappa shape index (κ1) is 15.5.